The molecule has 0 atom stereocenters. The summed E-state index contributed by atoms with van der Waals surface area (Å²) >= 11 is 0. The Morgan fingerprint density at radius 3 is 2.38 bits per heavy atom. The van der Waals surface area contributed by atoms with Crippen LogP contribution >= 0.6 is 0 Å². The third kappa shape index (κ3) is 4.95. The third-order valence-corrected chi connectivity index (χ3v) is 4.42. The van der Waals surface area contributed by atoms with Gasteiger partial charge in [0.1, 0.15) is 0 Å². The topological polar surface area (TPSA) is 41.1 Å². The monoisotopic (exact) mass is 290 g/mol. The molecule has 0 spiro atoms. The minimum atomic E-state index is 0.603. The van der Waals surface area contributed by atoms with E-state index in [2.05, 4.69) is 48.0 Å². The predicted molar refractivity (Wildman–Crippen MR) is 88.4 cm³/mol. The molecular weight excluding hydrogens is 260 g/mol. The molecule has 0 saturated heterocycles. The molecule has 4 heteroatoms. The van der Waals surface area contributed by atoms with Gasteiger partial charge in [0.2, 0.25) is 5.95 Å². The zero-order valence-electron chi connectivity index (χ0n) is 14.0. The number of hydrogen-bond donors (Lipinski definition) is 1. The molecule has 1 aliphatic carbocycles. The van der Waals surface area contributed by atoms with E-state index in [0.717, 1.165) is 30.5 Å². The summed E-state index contributed by atoms with van der Waals surface area (Å²) in [5, 5.41) is 3.42. The van der Waals surface area contributed by atoms with Crippen LogP contribution in [-0.2, 0) is 6.54 Å². The number of nitrogens with one attached hydrogen (secondary N) is 1. The lowest BCUT2D eigenvalue weighted by Gasteiger charge is -2.33. The fourth-order valence-corrected chi connectivity index (χ4v) is 2.92. The highest BCUT2D eigenvalue weighted by molar-refractivity contribution is 5.30. The van der Waals surface area contributed by atoms with Gasteiger partial charge in [0.05, 0.1) is 0 Å². The normalized spacial score (nSPS) is 22.5. The Morgan fingerprint density at radius 1 is 1.19 bits per heavy atom. The minimum Gasteiger partial charge on any atom is -0.341 e. The van der Waals surface area contributed by atoms with Crippen LogP contribution in [0.4, 0.5) is 5.95 Å². The first-order valence-corrected chi connectivity index (χ1v) is 8.30. The van der Waals surface area contributed by atoms with Gasteiger partial charge < -0.3 is 10.2 Å². The van der Waals surface area contributed by atoms with E-state index in [0.29, 0.717) is 12.0 Å². The van der Waals surface area contributed by atoms with Crippen LogP contribution in [0.15, 0.2) is 12.4 Å². The molecular formula is C17H30N4. The molecule has 1 heterocycles. The maximum absolute atomic E-state index is 4.55. The van der Waals surface area contributed by atoms with Crippen molar-refractivity contribution >= 4 is 5.95 Å². The molecule has 2 rings (SSSR count). The predicted octanol–water partition coefficient (Wildman–Crippen LogP) is 3.24. The van der Waals surface area contributed by atoms with Gasteiger partial charge in [0.15, 0.2) is 0 Å². The minimum absolute atomic E-state index is 0.603. The van der Waals surface area contributed by atoms with E-state index in [9.17, 15) is 0 Å². The van der Waals surface area contributed by atoms with Crippen molar-refractivity contribution in [2.24, 2.45) is 11.8 Å². The van der Waals surface area contributed by atoms with Crippen LogP contribution < -0.4 is 10.2 Å². The smallest absolute Gasteiger partial charge is 0.225 e. The average Bonchev–Trinajstić information content (AvgIpc) is 2.48. The number of aromatic nitrogens is 2. The molecule has 0 aliphatic heterocycles. The summed E-state index contributed by atoms with van der Waals surface area (Å²) in [5.41, 5.74) is 1.16. The van der Waals surface area contributed by atoms with Gasteiger partial charge in [0, 0.05) is 37.6 Å². The van der Waals surface area contributed by atoms with Crippen molar-refractivity contribution in [3.8, 4) is 0 Å². The molecule has 21 heavy (non-hydrogen) atoms. The van der Waals surface area contributed by atoms with E-state index < -0.39 is 0 Å². The summed E-state index contributed by atoms with van der Waals surface area (Å²) in [5.74, 6) is 2.41. The second-order valence-corrected chi connectivity index (χ2v) is 6.94. The van der Waals surface area contributed by atoms with E-state index in [1.807, 2.05) is 12.4 Å². The average molecular weight is 290 g/mol. The first-order chi connectivity index (χ1) is 10.1. The quantitative estimate of drug-likeness (QED) is 0.873. The Bertz CT molecular complexity index is 407. The van der Waals surface area contributed by atoms with E-state index in [-0.39, 0.29) is 0 Å². The van der Waals surface area contributed by atoms with Crippen LogP contribution in [0.25, 0.3) is 0 Å². The lowest BCUT2D eigenvalue weighted by molar-refractivity contribution is 0.339. The van der Waals surface area contributed by atoms with Gasteiger partial charge in [-0.2, -0.15) is 0 Å². The van der Waals surface area contributed by atoms with Gasteiger partial charge >= 0.3 is 0 Å². The van der Waals surface area contributed by atoms with Crippen LogP contribution in [0.5, 0.6) is 0 Å². The molecule has 1 aromatic heterocycles. The molecule has 0 bridgehead atoms. The van der Waals surface area contributed by atoms with Crippen molar-refractivity contribution in [1.82, 2.24) is 15.3 Å². The van der Waals surface area contributed by atoms with Crippen molar-refractivity contribution in [1.29, 1.82) is 0 Å². The van der Waals surface area contributed by atoms with Crippen LogP contribution in [0.3, 0.4) is 0 Å². The fraction of sp³-hybridized carbons (Fsp3) is 0.765. The third-order valence-electron chi connectivity index (χ3n) is 4.42. The van der Waals surface area contributed by atoms with Gasteiger partial charge in [-0.1, -0.05) is 20.8 Å². The van der Waals surface area contributed by atoms with Crippen LogP contribution in [0.2, 0.25) is 0 Å². The Kier molecular flexibility index (Phi) is 5.97. The highest BCUT2D eigenvalue weighted by Crippen LogP contribution is 2.27. The lowest BCUT2D eigenvalue weighted by Crippen LogP contribution is -2.36. The lowest BCUT2D eigenvalue weighted by atomic mass is 9.87. The maximum atomic E-state index is 4.55. The van der Waals surface area contributed by atoms with Crippen LogP contribution in [0.1, 0.15) is 52.0 Å². The number of hydrogen-bond acceptors (Lipinski definition) is 4. The standard InChI is InChI=1S/C17H30N4/c1-13(2)9-18-10-15-11-19-17(20-12-15)21(4)16-7-5-14(3)6-8-16/h11-14,16,18H,5-10H2,1-4H3. The van der Waals surface area contributed by atoms with Crippen LogP contribution in [-0.4, -0.2) is 29.6 Å². The number of rotatable bonds is 6. The van der Waals surface area contributed by atoms with E-state index in [1.165, 1.54) is 25.7 Å². The maximum Gasteiger partial charge on any atom is 0.225 e. The summed E-state index contributed by atoms with van der Waals surface area (Å²) in [6.45, 7) is 8.66. The molecule has 0 unspecified atom stereocenters. The molecule has 1 saturated carbocycles. The zero-order chi connectivity index (χ0) is 15.2. The molecule has 0 amide bonds. The van der Waals surface area contributed by atoms with Crippen LogP contribution in [0, 0.1) is 11.8 Å². The largest absolute Gasteiger partial charge is 0.341 e. The molecule has 0 aromatic carbocycles. The van der Waals surface area contributed by atoms with Crippen molar-refractivity contribution in [3.05, 3.63) is 18.0 Å². The molecule has 1 fully saturated rings. The Morgan fingerprint density at radius 2 is 1.81 bits per heavy atom. The number of anilines is 1. The molecule has 118 valence electrons. The first-order valence-electron chi connectivity index (χ1n) is 8.30. The van der Waals surface area contributed by atoms with Crippen molar-refractivity contribution < 1.29 is 0 Å². The summed E-state index contributed by atoms with van der Waals surface area (Å²) in [6, 6.07) is 0.603. The zero-order valence-corrected chi connectivity index (χ0v) is 14.0. The van der Waals surface area contributed by atoms with E-state index in [4.69, 9.17) is 0 Å². The van der Waals surface area contributed by atoms with Crippen molar-refractivity contribution in [2.45, 2.75) is 59.0 Å². The van der Waals surface area contributed by atoms with E-state index >= 15 is 0 Å². The second kappa shape index (κ2) is 7.74. The van der Waals surface area contributed by atoms with Gasteiger partial charge in [-0.15, -0.1) is 0 Å². The van der Waals surface area contributed by atoms with Gasteiger partial charge in [0.25, 0.3) is 0 Å². The SMILES string of the molecule is CC(C)CNCc1cnc(N(C)C2CCC(C)CC2)nc1. The summed E-state index contributed by atoms with van der Waals surface area (Å²) < 4.78 is 0. The Balaban J connectivity index is 1.86. The number of nitrogens with zero attached hydrogens (tertiary/aromatic N) is 3. The molecule has 1 aliphatic rings. The molecule has 0 radical (unpaired) electrons. The van der Waals surface area contributed by atoms with Crippen molar-refractivity contribution in [3.63, 3.8) is 0 Å². The summed E-state index contributed by atoms with van der Waals surface area (Å²) in [4.78, 5) is 11.4. The Hall–Kier alpha value is -1.16. The van der Waals surface area contributed by atoms with Gasteiger partial charge in [-0.05, 0) is 44.1 Å². The highest BCUT2D eigenvalue weighted by atomic mass is 15.2. The molecule has 1 N–H and O–H groups in total. The Labute approximate surface area is 129 Å². The van der Waals surface area contributed by atoms with E-state index in [1.54, 1.807) is 0 Å². The highest BCUT2D eigenvalue weighted by Gasteiger charge is 2.23. The van der Waals surface area contributed by atoms with Gasteiger partial charge in [-0.3, -0.25) is 0 Å². The van der Waals surface area contributed by atoms with Gasteiger partial charge in [-0.25, -0.2) is 9.97 Å². The summed E-state index contributed by atoms with van der Waals surface area (Å²) in [6.07, 6.45) is 9.09. The first kappa shape index (κ1) is 16.2. The molecule has 4 nitrogen and oxygen atoms in total. The molecule has 1 aromatic rings. The summed E-state index contributed by atoms with van der Waals surface area (Å²) in [7, 11) is 2.13. The second-order valence-electron chi connectivity index (χ2n) is 6.94. The fourth-order valence-electron chi connectivity index (χ4n) is 2.92. The van der Waals surface area contributed by atoms with Crippen molar-refractivity contribution in [2.75, 3.05) is 18.5 Å².